The lowest BCUT2D eigenvalue weighted by Crippen LogP contribution is -1.67. The monoisotopic (exact) mass is 89.1 g/mol. The van der Waals surface area contributed by atoms with E-state index in [1.807, 2.05) is 0 Å². The van der Waals surface area contributed by atoms with Crippen LogP contribution in [-0.4, -0.2) is 17.9 Å². The van der Waals surface area contributed by atoms with Gasteiger partial charge in [-0.3, -0.25) is 0 Å². The van der Waals surface area contributed by atoms with Crippen molar-refractivity contribution in [3.05, 3.63) is 0 Å². The van der Waals surface area contributed by atoms with Gasteiger partial charge in [-0.05, 0) is 13.8 Å². The van der Waals surface area contributed by atoms with E-state index in [1.165, 1.54) is 0 Å². The number of aliphatic hydroxyl groups excluding tert-OH is 1. The van der Waals surface area contributed by atoms with E-state index in [4.69, 9.17) is 10.5 Å². The second-order valence-corrected chi connectivity index (χ2v) is 1.00. The molecule has 2 N–H and O–H groups in total. The lowest BCUT2D eigenvalue weighted by atomic mass is 10.5. The first kappa shape index (κ1) is 9.16. The molecule has 0 spiro atoms. The topological polar surface area (TPSA) is 44.1 Å². The summed E-state index contributed by atoms with van der Waals surface area (Å²) in [5, 5.41) is 13.5. The molecule has 2 nitrogen and oxygen atoms in total. The van der Waals surface area contributed by atoms with Crippen LogP contribution in [0.4, 0.5) is 0 Å². The minimum absolute atomic E-state index is 0.667. The molecule has 0 aliphatic rings. The molecule has 38 valence electrons. The van der Waals surface area contributed by atoms with Crippen LogP contribution in [0.2, 0.25) is 0 Å². The third kappa shape index (κ3) is 183. The second-order valence-electron chi connectivity index (χ2n) is 1.00. The Balaban J connectivity index is 0. The van der Waals surface area contributed by atoms with E-state index in [-0.39, 0.29) is 0 Å². The van der Waals surface area contributed by atoms with Gasteiger partial charge in [-0.25, -0.2) is 0 Å². The van der Waals surface area contributed by atoms with Crippen molar-refractivity contribution in [1.29, 1.82) is 5.41 Å². The molecule has 0 aromatic carbocycles. The summed E-state index contributed by atoms with van der Waals surface area (Å²) in [6.07, 6.45) is 0. The maximum Gasteiger partial charge on any atom is 0.0319 e. The molecule has 0 aromatic heterocycles. The van der Waals surface area contributed by atoms with E-state index >= 15 is 0 Å². The molecule has 0 saturated carbocycles. The van der Waals surface area contributed by atoms with Crippen LogP contribution >= 0.6 is 0 Å². The van der Waals surface area contributed by atoms with Crippen LogP contribution in [0.3, 0.4) is 0 Å². The fourth-order valence-corrected chi connectivity index (χ4v) is 0. The second kappa shape index (κ2) is 8.82. The highest BCUT2D eigenvalue weighted by molar-refractivity contribution is 5.75. The summed E-state index contributed by atoms with van der Waals surface area (Å²) in [5.41, 5.74) is 0.667. The van der Waals surface area contributed by atoms with Crippen molar-refractivity contribution < 1.29 is 5.11 Å². The fraction of sp³-hybridized carbons (Fsp3) is 0.750. The van der Waals surface area contributed by atoms with Crippen LogP contribution in [0.15, 0.2) is 0 Å². The summed E-state index contributed by atoms with van der Waals surface area (Å²) in [6, 6.07) is 0. The molecular formula is C4H11NO. The van der Waals surface area contributed by atoms with E-state index in [1.54, 1.807) is 13.8 Å². The zero-order valence-electron chi connectivity index (χ0n) is 4.45. The van der Waals surface area contributed by atoms with Crippen molar-refractivity contribution in [2.24, 2.45) is 0 Å². The molecule has 0 fully saturated rings. The van der Waals surface area contributed by atoms with Gasteiger partial charge in [-0.15, -0.1) is 0 Å². The van der Waals surface area contributed by atoms with E-state index in [9.17, 15) is 0 Å². The molecule has 0 aliphatic carbocycles. The van der Waals surface area contributed by atoms with Gasteiger partial charge in [0.2, 0.25) is 0 Å². The molecule has 0 atom stereocenters. The molecule has 0 saturated heterocycles. The standard InChI is InChI=1S/C3H7N.CH4O/c1-3(2)4;1-2/h4H,1-2H3;2H,1H3. The molecule has 0 rings (SSSR count). The Bertz CT molecular complexity index is 30.5. The lowest BCUT2D eigenvalue weighted by molar-refractivity contribution is 0.399. The summed E-state index contributed by atoms with van der Waals surface area (Å²) < 4.78 is 0. The first-order chi connectivity index (χ1) is 2.73. The van der Waals surface area contributed by atoms with Gasteiger partial charge in [-0.1, -0.05) is 0 Å². The summed E-state index contributed by atoms with van der Waals surface area (Å²) >= 11 is 0. The van der Waals surface area contributed by atoms with Gasteiger partial charge < -0.3 is 10.5 Å². The van der Waals surface area contributed by atoms with E-state index in [0.717, 1.165) is 7.11 Å². The van der Waals surface area contributed by atoms with Crippen LogP contribution in [0.5, 0.6) is 0 Å². The molecule has 0 radical (unpaired) electrons. The Morgan fingerprint density at radius 2 is 1.33 bits per heavy atom. The van der Waals surface area contributed by atoms with Gasteiger partial charge >= 0.3 is 0 Å². The molecule has 0 aromatic rings. The van der Waals surface area contributed by atoms with Crippen molar-refractivity contribution in [3.63, 3.8) is 0 Å². The minimum atomic E-state index is 0.667. The predicted octanol–water partition coefficient (Wildman–Crippen LogP) is 0.654. The van der Waals surface area contributed by atoms with Gasteiger partial charge in [0.25, 0.3) is 0 Å². The largest absolute Gasteiger partial charge is 0.400 e. The summed E-state index contributed by atoms with van der Waals surface area (Å²) in [7, 11) is 1.00. The third-order valence-electron chi connectivity index (χ3n) is 0. The van der Waals surface area contributed by atoms with Crippen molar-refractivity contribution in [2.75, 3.05) is 7.11 Å². The number of rotatable bonds is 0. The Labute approximate surface area is 38.3 Å². The number of aliphatic hydroxyl groups is 1. The molecule has 0 bridgehead atoms. The predicted molar refractivity (Wildman–Crippen MR) is 27.2 cm³/mol. The summed E-state index contributed by atoms with van der Waals surface area (Å²) in [5.74, 6) is 0. The van der Waals surface area contributed by atoms with Gasteiger partial charge in [-0.2, -0.15) is 0 Å². The smallest absolute Gasteiger partial charge is 0.0319 e. The maximum absolute atomic E-state index is 7.00. The number of hydrogen-bond acceptors (Lipinski definition) is 2. The van der Waals surface area contributed by atoms with Crippen molar-refractivity contribution >= 4 is 5.71 Å². The van der Waals surface area contributed by atoms with Crippen molar-refractivity contribution in [2.45, 2.75) is 13.8 Å². The van der Waals surface area contributed by atoms with Crippen LogP contribution in [-0.2, 0) is 0 Å². The minimum Gasteiger partial charge on any atom is -0.400 e. The van der Waals surface area contributed by atoms with E-state index < -0.39 is 0 Å². The molecular weight excluding hydrogens is 78.0 g/mol. The number of hydrogen-bond donors (Lipinski definition) is 2. The lowest BCUT2D eigenvalue weighted by Gasteiger charge is -1.63. The molecule has 6 heavy (non-hydrogen) atoms. The van der Waals surface area contributed by atoms with Crippen LogP contribution in [0.25, 0.3) is 0 Å². The SMILES string of the molecule is CC(C)=N.CO. The summed E-state index contributed by atoms with van der Waals surface area (Å²) in [4.78, 5) is 0. The number of nitrogens with one attached hydrogen (secondary N) is 1. The average Bonchev–Trinajstić information content (AvgIpc) is 1.41. The summed E-state index contributed by atoms with van der Waals surface area (Å²) in [6.45, 7) is 3.50. The Morgan fingerprint density at radius 1 is 1.33 bits per heavy atom. The Hall–Kier alpha value is -0.370. The maximum atomic E-state index is 7.00. The zero-order valence-corrected chi connectivity index (χ0v) is 4.45. The average molecular weight is 89.1 g/mol. The highest BCUT2D eigenvalue weighted by atomic mass is 16.2. The molecule has 0 amide bonds. The first-order valence-electron chi connectivity index (χ1n) is 1.70. The van der Waals surface area contributed by atoms with Crippen molar-refractivity contribution in [1.82, 2.24) is 0 Å². The van der Waals surface area contributed by atoms with E-state index in [2.05, 4.69) is 0 Å². The van der Waals surface area contributed by atoms with Crippen LogP contribution in [0.1, 0.15) is 13.8 Å². The first-order valence-corrected chi connectivity index (χ1v) is 1.70. The van der Waals surface area contributed by atoms with Crippen molar-refractivity contribution in [3.8, 4) is 0 Å². The third-order valence-corrected chi connectivity index (χ3v) is 0. The van der Waals surface area contributed by atoms with Gasteiger partial charge in [0.1, 0.15) is 0 Å². The molecule has 0 heterocycles. The Morgan fingerprint density at radius 3 is 1.33 bits per heavy atom. The van der Waals surface area contributed by atoms with Gasteiger partial charge in [0.05, 0.1) is 0 Å². The zero-order chi connectivity index (χ0) is 5.58. The van der Waals surface area contributed by atoms with Gasteiger partial charge in [0, 0.05) is 12.8 Å². The quantitative estimate of drug-likeness (QED) is 0.420. The van der Waals surface area contributed by atoms with Gasteiger partial charge in [0.15, 0.2) is 0 Å². The molecule has 2 heteroatoms. The normalized spacial score (nSPS) is 5.33. The van der Waals surface area contributed by atoms with E-state index in [0.29, 0.717) is 5.71 Å². The highest BCUT2D eigenvalue weighted by Gasteiger charge is 1.55. The van der Waals surface area contributed by atoms with Crippen LogP contribution in [0, 0.1) is 5.41 Å². The van der Waals surface area contributed by atoms with Crippen LogP contribution < -0.4 is 0 Å². The Kier molecular flexibility index (Phi) is 13.5. The molecule has 0 unspecified atom stereocenters. The fourth-order valence-electron chi connectivity index (χ4n) is 0. The highest BCUT2D eigenvalue weighted by Crippen LogP contribution is 1.52. The molecule has 0 aliphatic heterocycles.